The number of methoxy groups -OCH3 is 1. The minimum absolute atomic E-state index is 0.570. The van der Waals surface area contributed by atoms with Crippen molar-refractivity contribution in [2.24, 2.45) is 0 Å². The first kappa shape index (κ1) is 11.2. The number of nitrogens with zero attached hydrogens (tertiary/aromatic N) is 1. The van der Waals surface area contributed by atoms with Crippen LogP contribution in [-0.2, 0) is 0 Å². The molecule has 3 nitrogen and oxygen atoms in total. The number of aromatic amines is 1. The second-order valence-corrected chi connectivity index (χ2v) is 4.23. The van der Waals surface area contributed by atoms with Gasteiger partial charge in [-0.05, 0) is 37.3 Å². The van der Waals surface area contributed by atoms with Gasteiger partial charge < -0.3 is 9.72 Å². The molecule has 84 valence electrons. The van der Waals surface area contributed by atoms with E-state index >= 15 is 0 Å². The van der Waals surface area contributed by atoms with Crippen molar-refractivity contribution in [3.63, 3.8) is 0 Å². The summed E-state index contributed by atoms with van der Waals surface area (Å²) in [5.74, 6) is 0.657. The normalized spacial score (nSPS) is 10.4. The van der Waals surface area contributed by atoms with Crippen LogP contribution in [0.5, 0.6) is 5.75 Å². The lowest BCUT2D eigenvalue weighted by atomic mass is 10.3. The highest BCUT2D eigenvalue weighted by atomic mass is 35.5. The molecule has 1 aromatic heterocycles. The fraction of sp³-hybridized carbons (Fsp3) is 0.182. The predicted octanol–water partition coefficient (Wildman–Crippen LogP) is 3.51. The zero-order valence-electron chi connectivity index (χ0n) is 8.95. The Labute approximate surface area is 104 Å². The van der Waals surface area contributed by atoms with Gasteiger partial charge in [0, 0.05) is 17.6 Å². The summed E-state index contributed by atoms with van der Waals surface area (Å²) in [4.78, 5) is 3.06. The fourth-order valence-electron chi connectivity index (χ4n) is 1.51. The van der Waals surface area contributed by atoms with Gasteiger partial charge in [-0.15, -0.1) is 0 Å². The number of hydrogen-bond acceptors (Lipinski definition) is 2. The number of rotatable bonds is 2. The van der Waals surface area contributed by atoms with E-state index in [1.807, 2.05) is 35.9 Å². The maximum absolute atomic E-state index is 6.06. The third-order valence-corrected chi connectivity index (χ3v) is 2.85. The number of aryl methyl sites for hydroxylation is 1. The van der Waals surface area contributed by atoms with Gasteiger partial charge in [-0.3, -0.25) is 4.57 Å². The monoisotopic (exact) mass is 254 g/mol. The summed E-state index contributed by atoms with van der Waals surface area (Å²) in [5, 5.41) is 0.570. The molecule has 2 rings (SSSR count). The highest BCUT2D eigenvalue weighted by Crippen LogP contribution is 2.26. The molecule has 0 aliphatic heterocycles. The van der Waals surface area contributed by atoms with Crippen LogP contribution >= 0.6 is 23.8 Å². The van der Waals surface area contributed by atoms with Crippen LogP contribution in [0.1, 0.15) is 5.69 Å². The molecule has 0 fully saturated rings. The van der Waals surface area contributed by atoms with Crippen molar-refractivity contribution in [3.05, 3.63) is 39.9 Å². The molecule has 0 spiro atoms. The molecule has 0 saturated carbocycles. The number of benzene rings is 1. The zero-order chi connectivity index (χ0) is 11.7. The van der Waals surface area contributed by atoms with Crippen LogP contribution in [0, 0.1) is 11.7 Å². The Morgan fingerprint density at radius 3 is 2.69 bits per heavy atom. The average Bonchev–Trinajstić information content (AvgIpc) is 2.58. The number of aromatic nitrogens is 2. The SMILES string of the molecule is COc1ccc(-n2cc(C)[nH]c2=S)cc1Cl. The van der Waals surface area contributed by atoms with E-state index in [1.165, 1.54) is 0 Å². The standard InChI is InChI=1S/C11H11ClN2OS/c1-7-6-14(11(16)13-7)8-3-4-10(15-2)9(12)5-8/h3-6H,1-2H3,(H,13,16). The molecule has 0 aliphatic rings. The Morgan fingerprint density at radius 2 is 2.19 bits per heavy atom. The van der Waals surface area contributed by atoms with Crippen LogP contribution in [0.3, 0.4) is 0 Å². The van der Waals surface area contributed by atoms with Crippen molar-refractivity contribution >= 4 is 23.8 Å². The van der Waals surface area contributed by atoms with E-state index in [9.17, 15) is 0 Å². The van der Waals surface area contributed by atoms with Gasteiger partial charge in [0.05, 0.1) is 12.1 Å². The molecule has 5 heteroatoms. The van der Waals surface area contributed by atoms with Crippen molar-refractivity contribution < 1.29 is 4.74 Å². The van der Waals surface area contributed by atoms with Crippen LogP contribution in [-0.4, -0.2) is 16.7 Å². The van der Waals surface area contributed by atoms with Crippen LogP contribution in [0.15, 0.2) is 24.4 Å². The summed E-state index contributed by atoms with van der Waals surface area (Å²) in [7, 11) is 1.59. The first-order valence-corrected chi connectivity index (χ1v) is 5.52. The topological polar surface area (TPSA) is 29.9 Å². The van der Waals surface area contributed by atoms with E-state index in [-0.39, 0.29) is 0 Å². The quantitative estimate of drug-likeness (QED) is 0.832. The van der Waals surface area contributed by atoms with Gasteiger partial charge in [0.1, 0.15) is 5.75 Å². The highest BCUT2D eigenvalue weighted by Gasteiger charge is 2.04. The predicted molar refractivity (Wildman–Crippen MR) is 67.3 cm³/mol. The number of nitrogens with one attached hydrogen (secondary N) is 1. The van der Waals surface area contributed by atoms with Crippen LogP contribution in [0.25, 0.3) is 5.69 Å². The van der Waals surface area contributed by atoms with Gasteiger partial charge in [0.15, 0.2) is 4.77 Å². The summed E-state index contributed by atoms with van der Waals surface area (Å²) < 4.78 is 7.62. The molecule has 16 heavy (non-hydrogen) atoms. The van der Waals surface area contributed by atoms with Crippen LogP contribution in [0.4, 0.5) is 0 Å². The minimum Gasteiger partial charge on any atom is -0.495 e. The lowest BCUT2D eigenvalue weighted by Gasteiger charge is -2.06. The van der Waals surface area contributed by atoms with Gasteiger partial charge in [-0.2, -0.15) is 0 Å². The van der Waals surface area contributed by atoms with Crippen LogP contribution < -0.4 is 4.74 Å². The summed E-state index contributed by atoms with van der Waals surface area (Å²) in [6, 6.07) is 5.55. The van der Waals surface area contributed by atoms with E-state index < -0.39 is 0 Å². The number of hydrogen-bond donors (Lipinski definition) is 1. The number of imidazole rings is 1. The largest absolute Gasteiger partial charge is 0.495 e. The molecule has 0 saturated heterocycles. The molecule has 1 heterocycles. The summed E-state index contributed by atoms with van der Waals surface area (Å²) in [6.07, 6.45) is 1.93. The highest BCUT2D eigenvalue weighted by molar-refractivity contribution is 7.71. The Balaban J connectivity index is 2.53. The van der Waals surface area contributed by atoms with Crippen molar-refractivity contribution in [2.45, 2.75) is 6.92 Å². The van der Waals surface area contributed by atoms with Crippen molar-refractivity contribution in [3.8, 4) is 11.4 Å². The molecule has 0 amide bonds. The third kappa shape index (κ3) is 1.99. The Bertz CT molecular complexity index is 574. The van der Waals surface area contributed by atoms with Gasteiger partial charge in [0.2, 0.25) is 0 Å². The van der Waals surface area contributed by atoms with E-state index in [4.69, 9.17) is 28.6 Å². The molecule has 0 unspecified atom stereocenters. The fourth-order valence-corrected chi connectivity index (χ4v) is 2.08. The molecule has 0 atom stereocenters. The Hall–Kier alpha value is -1.26. The molecular formula is C11H11ClN2OS. The van der Waals surface area contributed by atoms with E-state index in [2.05, 4.69) is 4.98 Å². The van der Waals surface area contributed by atoms with Crippen molar-refractivity contribution in [2.75, 3.05) is 7.11 Å². The van der Waals surface area contributed by atoms with E-state index in [1.54, 1.807) is 7.11 Å². The van der Waals surface area contributed by atoms with Crippen molar-refractivity contribution in [1.82, 2.24) is 9.55 Å². The van der Waals surface area contributed by atoms with E-state index in [0.717, 1.165) is 11.4 Å². The molecule has 0 radical (unpaired) electrons. The zero-order valence-corrected chi connectivity index (χ0v) is 10.5. The van der Waals surface area contributed by atoms with Gasteiger partial charge in [-0.25, -0.2) is 0 Å². The Kier molecular flexibility index (Phi) is 3.03. The number of H-pyrrole nitrogens is 1. The first-order valence-electron chi connectivity index (χ1n) is 4.74. The second kappa shape index (κ2) is 4.31. The van der Waals surface area contributed by atoms with Gasteiger partial charge in [-0.1, -0.05) is 11.6 Å². The van der Waals surface area contributed by atoms with E-state index in [0.29, 0.717) is 15.5 Å². The maximum Gasteiger partial charge on any atom is 0.181 e. The molecule has 1 N–H and O–H groups in total. The minimum atomic E-state index is 0.570. The maximum atomic E-state index is 6.06. The molecule has 0 bridgehead atoms. The summed E-state index contributed by atoms with van der Waals surface area (Å²) in [5.41, 5.74) is 1.93. The van der Waals surface area contributed by atoms with Crippen LogP contribution in [0.2, 0.25) is 5.02 Å². The third-order valence-electron chi connectivity index (χ3n) is 2.26. The summed E-state index contributed by atoms with van der Waals surface area (Å²) in [6.45, 7) is 1.96. The number of halogens is 1. The molecular weight excluding hydrogens is 244 g/mol. The average molecular weight is 255 g/mol. The first-order chi connectivity index (χ1) is 7.61. The summed E-state index contributed by atoms with van der Waals surface area (Å²) >= 11 is 11.2. The van der Waals surface area contributed by atoms with Crippen molar-refractivity contribution in [1.29, 1.82) is 0 Å². The number of ether oxygens (including phenoxy) is 1. The smallest absolute Gasteiger partial charge is 0.181 e. The molecule has 0 aliphatic carbocycles. The lowest BCUT2D eigenvalue weighted by molar-refractivity contribution is 0.415. The second-order valence-electron chi connectivity index (χ2n) is 3.43. The molecule has 2 aromatic rings. The van der Waals surface area contributed by atoms with Gasteiger partial charge in [0.25, 0.3) is 0 Å². The Morgan fingerprint density at radius 1 is 1.44 bits per heavy atom. The molecule has 1 aromatic carbocycles. The van der Waals surface area contributed by atoms with Gasteiger partial charge >= 0.3 is 0 Å². The lowest BCUT2D eigenvalue weighted by Crippen LogP contribution is -1.93.